The number of thioether (sulfide) groups is 1. The van der Waals surface area contributed by atoms with Gasteiger partial charge in [-0.25, -0.2) is 0 Å². The van der Waals surface area contributed by atoms with Gasteiger partial charge in [0.2, 0.25) is 0 Å². The highest BCUT2D eigenvalue weighted by molar-refractivity contribution is 7.98. The minimum absolute atomic E-state index is 0.700. The molecule has 0 bridgehead atoms. The number of rotatable bonds is 6. The second kappa shape index (κ2) is 8.20. The molecule has 0 aliphatic heterocycles. The number of aromatic nitrogens is 5. The van der Waals surface area contributed by atoms with Crippen LogP contribution in [0.25, 0.3) is 17.2 Å². The van der Waals surface area contributed by atoms with Crippen LogP contribution in [0, 0.1) is 6.92 Å². The van der Waals surface area contributed by atoms with E-state index in [0.717, 1.165) is 40.4 Å². The highest BCUT2D eigenvalue weighted by Crippen LogP contribution is 2.30. The molecule has 0 radical (unpaired) electrons. The first kappa shape index (κ1) is 18.8. The summed E-state index contributed by atoms with van der Waals surface area (Å²) in [7, 11) is 0. The molecule has 4 aromatic rings. The minimum Gasteiger partial charge on any atom is -0.269 e. The Labute approximate surface area is 173 Å². The fourth-order valence-corrected chi connectivity index (χ4v) is 4.07. The summed E-state index contributed by atoms with van der Waals surface area (Å²) in [5, 5.41) is 15.1. The molecular weight excluding hydrogens is 390 g/mol. The topological polar surface area (TPSA) is 48.5 Å². The maximum Gasteiger partial charge on any atom is 0.196 e. The Hall–Kier alpha value is -2.57. The quantitative estimate of drug-likeness (QED) is 0.400. The van der Waals surface area contributed by atoms with E-state index in [0.29, 0.717) is 5.02 Å². The van der Waals surface area contributed by atoms with E-state index in [1.807, 2.05) is 60.1 Å². The van der Waals surface area contributed by atoms with E-state index in [-0.39, 0.29) is 0 Å². The summed E-state index contributed by atoms with van der Waals surface area (Å²) in [6.07, 6.45) is 0. The first-order valence-corrected chi connectivity index (χ1v) is 10.4. The maximum absolute atomic E-state index is 6.10. The van der Waals surface area contributed by atoms with Crippen LogP contribution in [0.5, 0.6) is 0 Å². The summed E-state index contributed by atoms with van der Waals surface area (Å²) >= 11 is 7.76. The SMILES string of the molecule is CCn1nc(C)cc1-c1nnc(SCc2ccccc2)n1-c1ccc(Cl)cc1. The normalized spacial score (nSPS) is 11.1. The first-order valence-electron chi connectivity index (χ1n) is 9.08. The molecule has 0 unspecified atom stereocenters. The number of benzene rings is 2. The lowest BCUT2D eigenvalue weighted by Gasteiger charge is -2.11. The summed E-state index contributed by atoms with van der Waals surface area (Å²) in [4.78, 5) is 0. The van der Waals surface area contributed by atoms with E-state index < -0.39 is 0 Å². The molecular formula is C21H20ClN5S. The fourth-order valence-electron chi connectivity index (χ4n) is 3.04. The highest BCUT2D eigenvalue weighted by Gasteiger charge is 2.19. The Bertz CT molecular complexity index is 1070. The van der Waals surface area contributed by atoms with Crippen LogP contribution >= 0.6 is 23.4 Å². The van der Waals surface area contributed by atoms with Gasteiger partial charge < -0.3 is 0 Å². The lowest BCUT2D eigenvalue weighted by Crippen LogP contribution is -2.05. The van der Waals surface area contributed by atoms with Crippen molar-refractivity contribution in [3.8, 4) is 17.2 Å². The molecule has 2 aromatic carbocycles. The van der Waals surface area contributed by atoms with Gasteiger partial charge in [-0.15, -0.1) is 10.2 Å². The number of hydrogen-bond acceptors (Lipinski definition) is 4. The number of halogens is 1. The third-order valence-corrected chi connectivity index (χ3v) is 5.61. The highest BCUT2D eigenvalue weighted by atomic mass is 35.5. The van der Waals surface area contributed by atoms with Gasteiger partial charge in [-0.05, 0) is 49.7 Å². The van der Waals surface area contributed by atoms with Crippen LogP contribution in [0.15, 0.2) is 65.8 Å². The van der Waals surface area contributed by atoms with Crippen molar-refractivity contribution < 1.29 is 0 Å². The van der Waals surface area contributed by atoms with Crippen molar-refractivity contribution in [2.75, 3.05) is 0 Å². The van der Waals surface area contributed by atoms with Gasteiger partial charge in [0.25, 0.3) is 0 Å². The van der Waals surface area contributed by atoms with Crippen LogP contribution in [0.3, 0.4) is 0 Å². The zero-order valence-corrected chi connectivity index (χ0v) is 17.3. The van der Waals surface area contributed by atoms with Crippen LogP contribution < -0.4 is 0 Å². The molecule has 0 amide bonds. The van der Waals surface area contributed by atoms with Gasteiger partial charge in [0.15, 0.2) is 11.0 Å². The molecule has 0 aliphatic carbocycles. The van der Waals surface area contributed by atoms with E-state index in [9.17, 15) is 0 Å². The standard InChI is InChI=1S/C21H20ClN5S/c1-3-26-19(13-15(2)25-26)20-23-24-21(28-14-16-7-5-4-6-8-16)27(20)18-11-9-17(22)10-12-18/h4-13H,3,14H2,1-2H3. The molecule has 7 heteroatoms. The van der Waals surface area contributed by atoms with Crippen molar-refractivity contribution >= 4 is 23.4 Å². The predicted octanol–water partition coefficient (Wildman–Crippen LogP) is 5.40. The maximum atomic E-state index is 6.10. The third kappa shape index (κ3) is 3.84. The summed E-state index contributed by atoms with van der Waals surface area (Å²) < 4.78 is 4.03. The fraction of sp³-hybridized carbons (Fsp3) is 0.190. The Balaban J connectivity index is 1.78. The van der Waals surface area contributed by atoms with Crippen molar-refractivity contribution in [2.24, 2.45) is 0 Å². The van der Waals surface area contributed by atoms with Crippen LogP contribution in [-0.4, -0.2) is 24.5 Å². The van der Waals surface area contributed by atoms with Gasteiger partial charge in [-0.1, -0.05) is 53.7 Å². The molecule has 28 heavy (non-hydrogen) atoms. The smallest absolute Gasteiger partial charge is 0.196 e. The van der Waals surface area contributed by atoms with E-state index >= 15 is 0 Å². The Morgan fingerprint density at radius 2 is 1.75 bits per heavy atom. The molecule has 0 aliphatic rings. The first-order chi connectivity index (χ1) is 13.7. The second-order valence-corrected chi connectivity index (χ2v) is 7.76. The Morgan fingerprint density at radius 1 is 1.00 bits per heavy atom. The van der Waals surface area contributed by atoms with Gasteiger partial charge >= 0.3 is 0 Å². The zero-order chi connectivity index (χ0) is 19.5. The molecule has 2 heterocycles. The van der Waals surface area contributed by atoms with Crippen LogP contribution in [0.4, 0.5) is 0 Å². The molecule has 142 valence electrons. The van der Waals surface area contributed by atoms with Gasteiger partial charge in [0.05, 0.1) is 5.69 Å². The Kier molecular flexibility index (Phi) is 5.50. The number of nitrogens with zero attached hydrogens (tertiary/aromatic N) is 5. The average molecular weight is 410 g/mol. The lowest BCUT2D eigenvalue weighted by atomic mass is 10.2. The van der Waals surface area contributed by atoms with Gasteiger partial charge in [-0.3, -0.25) is 9.25 Å². The molecule has 0 fully saturated rings. The molecule has 2 aromatic heterocycles. The summed E-state index contributed by atoms with van der Waals surface area (Å²) in [6.45, 7) is 4.83. The molecule has 5 nitrogen and oxygen atoms in total. The van der Waals surface area contributed by atoms with Crippen molar-refractivity contribution in [3.05, 3.63) is 76.9 Å². The molecule has 0 N–H and O–H groups in total. The van der Waals surface area contributed by atoms with E-state index in [1.54, 1.807) is 11.8 Å². The predicted molar refractivity (Wildman–Crippen MR) is 114 cm³/mol. The third-order valence-electron chi connectivity index (χ3n) is 4.36. The van der Waals surface area contributed by atoms with Crippen LogP contribution in [0.2, 0.25) is 5.02 Å². The Morgan fingerprint density at radius 3 is 2.46 bits per heavy atom. The molecule has 0 atom stereocenters. The van der Waals surface area contributed by atoms with Gasteiger partial charge in [0, 0.05) is 23.0 Å². The van der Waals surface area contributed by atoms with Crippen molar-refractivity contribution in [2.45, 2.75) is 31.3 Å². The number of aryl methyl sites for hydroxylation is 2. The van der Waals surface area contributed by atoms with Gasteiger partial charge in [-0.2, -0.15) is 5.10 Å². The summed E-state index contributed by atoms with van der Waals surface area (Å²) in [5.41, 5.74) is 4.13. The zero-order valence-electron chi connectivity index (χ0n) is 15.7. The monoisotopic (exact) mass is 409 g/mol. The molecule has 0 saturated heterocycles. The summed E-state index contributed by atoms with van der Waals surface area (Å²) in [5.74, 6) is 1.60. The average Bonchev–Trinajstić information content (AvgIpc) is 3.30. The van der Waals surface area contributed by atoms with E-state index in [1.165, 1.54) is 5.56 Å². The van der Waals surface area contributed by atoms with Crippen molar-refractivity contribution in [3.63, 3.8) is 0 Å². The van der Waals surface area contributed by atoms with Crippen molar-refractivity contribution in [1.82, 2.24) is 24.5 Å². The molecule has 0 saturated carbocycles. The lowest BCUT2D eigenvalue weighted by molar-refractivity contribution is 0.655. The summed E-state index contributed by atoms with van der Waals surface area (Å²) in [6, 6.07) is 20.1. The minimum atomic E-state index is 0.700. The molecule has 4 rings (SSSR count). The second-order valence-electron chi connectivity index (χ2n) is 6.38. The van der Waals surface area contributed by atoms with Crippen molar-refractivity contribution in [1.29, 1.82) is 0 Å². The molecule has 0 spiro atoms. The van der Waals surface area contributed by atoms with Crippen LogP contribution in [0.1, 0.15) is 18.2 Å². The van der Waals surface area contributed by atoms with Crippen LogP contribution in [-0.2, 0) is 12.3 Å². The van der Waals surface area contributed by atoms with Gasteiger partial charge in [0.1, 0.15) is 5.69 Å². The van der Waals surface area contributed by atoms with E-state index in [4.69, 9.17) is 11.6 Å². The number of hydrogen-bond donors (Lipinski definition) is 0. The largest absolute Gasteiger partial charge is 0.269 e. The van der Waals surface area contributed by atoms with E-state index in [2.05, 4.69) is 38.9 Å².